The van der Waals surface area contributed by atoms with Crippen LogP contribution in [0.4, 0.5) is 4.39 Å². The van der Waals surface area contributed by atoms with Gasteiger partial charge in [0.05, 0.1) is 10.6 Å². The van der Waals surface area contributed by atoms with Gasteiger partial charge in [-0.3, -0.25) is 4.79 Å². The van der Waals surface area contributed by atoms with Gasteiger partial charge in [-0.25, -0.2) is 9.18 Å². The Morgan fingerprint density at radius 3 is 2.47 bits per heavy atom. The van der Waals surface area contributed by atoms with E-state index in [4.69, 9.17) is 21.8 Å². The van der Waals surface area contributed by atoms with Gasteiger partial charge in [-0.2, -0.15) is 0 Å². The van der Waals surface area contributed by atoms with Crippen molar-refractivity contribution < 1.29 is 24.2 Å². The van der Waals surface area contributed by atoms with E-state index in [9.17, 15) is 14.0 Å². The maximum absolute atomic E-state index is 13.6. The molecule has 0 aromatic heterocycles. The molecule has 90 valence electrons. The largest absolute Gasteiger partial charge is 0.502 e. The molecule has 0 spiro atoms. The lowest BCUT2D eigenvalue weighted by molar-refractivity contribution is -0.135. The summed E-state index contributed by atoms with van der Waals surface area (Å²) in [5, 5.41) is 17.1. The van der Waals surface area contributed by atoms with E-state index in [1.54, 1.807) is 0 Å². The number of hydrogen-bond donors (Lipinski definition) is 2. The van der Waals surface area contributed by atoms with Crippen molar-refractivity contribution in [2.24, 2.45) is 0 Å². The quantitative estimate of drug-likeness (QED) is 0.496. The number of carbonyl (C=O) groups is 2. The molecule has 1 aromatic carbocycles. The van der Waals surface area contributed by atoms with Gasteiger partial charge in [0.15, 0.2) is 5.78 Å². The van der Waals surface area contributed by atoms with E-state index in [0.29, 0.717) is 6.08 Å². The Hall–Kier alpha value is -1.88. The standard InChI is InChI=1S/C11H8ClFO4/c1-5-2-3-6(12)9(10(5)13)7(14)4-8(15)11(16)17/h2-4,15H,1H3,(H,16,17)/b8-4+. The molecule has 0 fully saturated rings. The predicted octanol–water partition coefficient (Wildman–Crippen LogP) is 2.50. The number of carboxylic acids is 1. The molecule has 0 aliphatic carbocycles. The third-order valence-electron chi connectivity index (χ3n) is 2.02. The van der Waals surface area contributed by atoms with Gasteiger partial charge in [0.2, 0.25) is 5.76 Å². The molecule has 0 atom stereocenters. The molecular formula is C11H8ClFO4. The normalized spacial score (nSPS) is 11.4. The average Bonchev–Trinajstić information content (AvgIpc) is 2.24. The van der Waals surface area contributed by atoms with Crippen LogP contribution in [-0.2, 0) is 4.79 Å². The van der Waals surface area contributed by atoms with Crippen LogP contribution < -0.4 is 0 Å². The Morgan fingerprint density at radius 2 is 1.94 bits per heavy atom. The lowest BCUT2D eigenvalue weighted by Crippen LogP contribution is -2.07. The molecule has 1 aromatic rings. The summed E-state index contributed by atoms with van der Waals surface area (Å²) >= 11 is 5.64. The van der Waals surface area contributed by atoms with E-state index >= 15 is 0 Å². The highest BCUT2D eigenvalue weighted by molar-refractivity contribution is 6.34. The number of carboxylic acid groups (broad SMARTS) is 1. The lowest BCUT2D eigenvalue weighted by atomic mass is 10.1. The van der Waals surface area contributed by atoms with Gasteiger partial charge in [0, 0.05) is 6.08 Å². The second-order valence-electron chi connectivity index (χ2n) is 3.25. The van der Waals surface area contributed by atoms with E-state index in [0.717, 1.165) is 0 Å². The summed E-state index contributed by atoms with van der Waals surface area (Å²) in [5.74, 6) is -4.69. The third-order valence-corrected chi connectivity index (χ3v) is 2.33. The van der Waals surface area contributed by atoms with E-state index < -0.39 is 28.9 Å². The number of aliphatic hydroxyl groups excluding tert-OH is 1. The molecule has 6 heteroatoms. The summed E-state index contributed by atoms with van der Waals surface area (Å²) in [5.41, 5.74) is -0.263. The minimum Gasteiger partial charge on any atom is -0.502 e. The van der Waals surface area contributed by atoms with Crippen molar-refractivity contribution in [3.05, 3.63) is 45.9 Å². The van der Waals surface area contributed by atoms with Gasteiger partial charge >= 0.3 is 5.97 Å². The molecule has 0 aliphatic rings. The number of ketones is 1. The Labute approximate surface area is 101 Å². The summed E-state index contributed by atoms with van der Waals surface area (Å²) in [6.45, 7) is 1.43. The molecule has 2 N–H and O–H groups in total. The molecule has 4 nitrogen and oxygen atoms in total. The Morgan fingerprint density at radius 1 is 1.35 bits per heavy atom. The monoisotopic (exact) mass is 258 g/mol. The number of hydrogen-bond acceptors (Lipinski definition) is 3. The van der Waals surface area contributed by atoms with Crippen LogP contribution in [0.1, 0.15) is 15.9 Å². The highest BCUT2D eigenvalue weighted by Gasteiger charge is 2.18. The van der Waals surface area contributed by atoms with Gasteiger partial charge in [-0.15, -0.1) is 0 Å². The fraction of sp³-hybridized carbons (Fsp3) is 0.0909. The smallest absolute Gasteiger partial charge is 0.371 e. The number of rotatable bonds is 3. The van der Waals surface area contributed by atoms with Crippen LogP contribution >= 0.6 is 11.6 Å². The first-order valence-electron chi connectivity index (χ1n) is 4.47. The van der Waals surface area contributed by atoms with Crippen LogP contribution in [0.5, 0.6) is 0 Å². The second kappa shape index (κ2) is 4.97. The maximum atomic E-state index is 13.6. The number of halogens is 2. The van der Waals surface area contributed by atoms with E-state index in [1.165, 1.54) is 19.1 Å². The zero-order valence-electron chi connectivity index (χ0n) is 8.70. The minimum absolute atomic E-state index is 0.146. The summed E-state index contributed by atoms with van der Waals surface area (Å²) in [6.07, 6.45) is 0.409. The highest BCUT2D eigenvalue weighted by Crippen LogP contribution is 2.23. The van der Waals surface area contributed by atoms with Gasteiger partial charge < -0.3 is 10.2 Å². The summed E-state index contributed by atoms with van der Waals surface area (Å²) < 4.78 is 13.6. The SMILES string of the molecule is Cc1ccc(Cl)c(C(=O)/C=C(/O)C(=O)O)c1F. The zero-order chi connectivity index (χ0) is 13.2. The Kier molecular flexibility index (Phi) is 3.85. The van der Waals surface area contributed by atoms with Gasteiger partial charge in [0.25, 0.3) is 0 Å². The predicted molar refractivity (Wildman–Crippen MR) is 58.8 cm³/mol. The van der Waals surface area contributed by atoms with Crippen LogP contribution in [0.3, 0.4) is 0 Å². The van der Waals surface area contributed by atoms with Crippen molar-refractivity contribution in [1.29, 1.82) is 0 Å². The van der Waals surface area contributed by atoms with Crippen molar-refractivity contribution in [3.63, 3.8) is 0 Å². The third kappa shape index (κ3) is 2.82. The Balaban J connectivity index is 3.27. The first-order chi connectivity index (χ1) is 7.84. The molecule has 0 saturated heterocycles. The van der Waals surface area contributed by atoms with Crippen molar-refractivity contribution in [1.82, 2.24) is 0 Å². The van der Waals surface area contributed by atoms with E-state index in [-0.39, 0.29) is 10.6 Å². The number of carbonyl (C=O) groups excluding carboxylic acids is 1. The molecule has 0 saturated carbocycles. The zero-order valence-corrected chi connectivity index (χ0v) is 9.45. The van der Waals surface area contributed by atoms with Gasteiger partial charge in [-0.1, -0.05) is 17.7 Å². The molecule has 0 bridgehead atoms. The van der Waals surface area contributed by atoms with Gasteiger partial charge in [-0.05, 0) is 18.6 Å². The first kappa shape index (κ1) is 13.2. The molecule has 0 heterocycles. The fourth-order valence-corrected chi connectivity index (χ4v) is 1.38. The number of benzene rings is 1. The van der Waals surface area contributed by atoms with Crippen molar-refractivity contribution >= 4 is 23.4 Å². The number of aliphatic hydroxyl groups is 1. The first-order valence-corrected chi connectivity index (χ1v) is 4.85. The number of allylic oxidation sites excluding steroid dienone is 1. The molecule has 17 heavy (non-hydrogen) atoms. The van der Waals surface area contributed by atoms with Crippen molar-refractivity contribution in [2.75, 3.05) is 0 Å². The van der Waals surface area contributed by atoms with Crippen LogP contribution in [0.2, 0.25) is 5.02 Å². The second-order valence-corrected chi connectivity index (χ2v) is 3.66. The van der Waals surface area contributed by atoms with E-state index in [2.05, 4.69) is 0 Å². The molecule has 1 rings (SSSR count). The van der Waals surface area contributed by atoms with Crippen molar-refractivity contribution in [2.45, 2.75) is 6.92 Å². The Bertz CT molecular complexity index is 522. The maximum Gasteiger partial charge on any atom is 0.371 e. The van der Waals surface area contributed by atoms with Crippen molar-refractivity contribution in [3.8, 4) is 0 Å². The topological polar surface area (TPSA) is 74.6 Å². The minimum atomic E-state index is -1.68. The summed E-state index contributed by atoms with van der Waals surface area (Å²) in [7, 11) is 0. The van der Waals surface area contributed by atoms with Crippen LogP contribution in [0.15, 0.2) is 24.0 Å². The van der Waals surface area contributed by atoms with Crippen LogP contribution in [0, 0.1) is 12.7 Å². The molecule has 0 amide bonds. The molecule has 0 unspecified atom stereocenters. The van der Waals surface area contributed by atoms with Gasteiger partial charge in [0.1, 0.15) is 5.82 Å². The fourth-order valence-electron chi connectivity index (χ4n) is 1.14. The lowest BCUT2D eigenvalue weighted by Gasteiger charge is -2.04. The van der Waals surface area contributed by atoms with E-state index in [1.807, 2.05) is 0 Å². The average molecular weight is 259 g/mol. The molecule has 0 aliphatic heterocycles. The number of aryl methyl sites for hydroxylation is 1. The molecular weight excluding hydrogens is 251 g/mol. The summed E-state index contributed by atoms with van der Waals surface area (Å²) in [6, 6.07) is 2.70. The van der Waals surface area contributed by atoms with Crippen LogP contribution in [-0.4, -0.2) is 22.0 Å². The number of aliphatic carboxylic acids is 1. The van der Waals surface area contributed by atoms with Crippen LogP contribution in [0.25, 0.3) is 0 Å². The molecule has 0 radical (unpaired) electrons. The highest BCUT2D eigenvalue weighted by atomic mass is 35.5. The summed E-state index contributed by atoms with van der Waals surface area (Å²) in [4.78, 5) is 21.8.